The number of urea groups is 2. The van der Waals surface area contributed by atoms with Crippen molar-refractivity contribution in [3.63, 3.8) is 0 Å². The van der Waals surface area contributed by atoms with Crippen molar-refractivity contribution in [2.75, 3.05) is 19.6 Å². The second-order valence-corrected chi connectivity index (χ2v) is 20.6. The van der Waals surface area contributed by atoms with E-state index in [1.165, 1.54) is 6.07 Å². The SMILES string of the molecule is Clc1cc(Br)ccc1OC1CC1.O=C1C(=O)N(c2ccc(Br)cc2)C(=O)N1c1ccc(Br)cc1.O=C1N(c2ccc(Br)cc2)C(=O)C(O)(c2ccc(OC3CC3)c(Cl)c2)N1c1ccc(Br)cc1. The summed E-state index contributed by atoms with van der Waals surface area (Å²) in [5, 5.41) is 12.8. The maximum Gasteiger partial charge on any atom is 0.343 e. The zero-order valence-corrected chi connectivity index (χ0v) is 43.9. The normalized spacial score (nSPS) is 17.9. The molecule has 2 aliphatic carbocycles. The molecular weight excluding hydrogens is 1230 g/mol. The molecule has 0 aromatic heterocycles. The summed E-state index contributed by atoms with van der Waals surface area (Å²) < 4.78 is 15.5. The standard InChI is InChI=1S/C24H17Br2ClN2O4.C15H8Br2N2O3.C9H8BrClO/c25-15-2-6-17(7-3-15)28-22(30)24(32,29(23(28)31)18-8-4-16(26)5-9-18)14-1-12-21(20(27)13-14)33-19-10-11-19;16-9-1-5-11(6-2-9)18-13(20)14(21)19(15(18)22)12-7-3-10(17)4-8-12;10-6-1-4-9(8(11)5-6)12-7-2-3-7/h1-9,12-13,19,32H,10-11H2;1-8H;1,4-5,7H,2-3H2. The third-order valence-corrected chi connectivity index (χ3v) is 13.6. The molecule has 342 valence electrons. The van der Waals surface area contributed by atoms with Crippen LogP contribution in [0.2, 0.25) is 10.0 Å². The maximum atomic E-state index is 13.7. The number of amides is 7. The van der Waals surface area contributed by atoms with E-state index in [1.54, 1.807) is 109 Å². The molecule has 10 rings (SSSR count). The third kappa shape index (κ3) is 10.8. The van der Waals surface area contributed by atoms with Gasteiger partial charge >= 0.3 is 23.9 Å². The van der Waals surface area contributed by atoms with Crippen LogP contribution in [0.1, 0.15) is 31.2 Å². The minimum absolute atomic E-state index is 0.137. The number of carbonyl (C=O) groups is 5. The molecule has 1 N–H and O–H groups in total. The molecule has 2 saturated heterocycles. The molecule has 19 heteroatoms. The molecule has 4 aliphatic rings. The van der Waals surface area contributed by atoms with Crippen molar-refractivity contribution < 1.29 is 38.6 Å². The van der Waals surface area contributed by atoms with Crippen LogP contribution >= 0.6 is 103 Å². The number of hydrogen-bond donors (Lipinski definition) is 1. The second-order valence-electron chi connectivity index (χ2n) is 15.3. The quantitative estimate of drug-likeness (QED) is 0.112. The third-order valence-electron chi connectivity index (χ3n) is 10.4. The number of ether oxygens (including phenoxy) is 2. The summed E-state index contributed by atoms with van der Waals surface area (Å²) in [6, 6.07) is 35.6. The van der Waals surface area contributed by atoms with E-state index in [9.17, 15) is 29.1 Å². The Morgan fingerprint density at radius 1 is 0.463 bits per heavy atom. The number of hydrogen-bond acceptors (Lipinski definition) is 8. The lowest BCUT2D eigenvalue weighted by Gasteiger charge is -2.30. The Labute approximate surface area is 436 Å². The van der Waals surface area contributed by atoms with Crippen LogP contribution in [0.3, 0.4) is 0 Å². The van der Waals surface area contributed by atoms with Crippen molar-refractivity contribution in [1.82, 2.24) is 0 Å². The van der Waals surface area contributed by atoms with Crippen LogP contribution in [0.4, 0.5) is 32.3 Å². The van der Waals surface area contributed by atoms with Gasteiger partial charge in [-0.05, 0) is 159 Å². The number of benzene rings is 6. The largest absolute Gasteiger partial charge is 0.489 e. The fourth-order valence-electron chi connectivity index (χ4n) is 6.75. The highest BCUT2D eigenvalue weighted by Crippen LogP contribution is 2.44. The van der Waals surface area contributed by atoms with E-state index in [0.29, 0.717) is 39.6 Å². The monoisotopic (exact) mass is 1260 g/mol. The highest BCUT2D eigenvalue weighted by atomic mass is 79.9. The average molecular weight is 1260 g/mol. The first kappa shape index (κ1) is 48.9. The van der Waals surface area contributed by atoms with Crippen LogP contribution in [-0.2, 0) is 20.1 Å². The van der Waals surface area contributed by atoms with E-state index in [0.717, 1.165) is 73.4 Å². The van der Waals surface area contributed by atoms with Gasteiger partial charge in [-0.25, -0.2) is 24.3 Å². The Balaban J connectivity index is 0.000000153. The van der Waals surface area contributed by atoms with E-state index in [-0.39, 0.29) is 16.7 Å². The summed E-state index contributed by atoms with van der Waals surface area (Å²) in [6.07, 6.45) is 4.80. The van der Waals surface area contributed by atoms with Crippen molar-refractivity contribution in [2.45, 2.75) is 43.6 Å². The Bertz CT molecular complexity index is 2820. The number of anilines is 4. The van der Waals surface area contributed by atoms with E-state index >= 15 is 0 Å². The number of nitrogens with zero attached hydrogens (tertiary/aromatic N) is 4. The lowest BCUT2D eigenvalue weighted by molar-refractivity contribution is -0.133. The molecule has 4 fully saturated rings. The van der Waals surface area contributed by atoms with Gasteiger partial charge in [0.05, 0.1) is 39.3 Å². The Hall–Kier alpha value is -4.59. The molecule has 7 amide bonds. The number of imide groups is 3. The van der Waals surface area contributed by atoms with Crippen LogP contribution in [0.5, 0.6) is 11.5 Å². The van der Waals surface area contributed by atoms with Crippen LogP contribution < -0.4 is 29.1 Å². The van der Waals surface area contributed by atoms with Gasteiger partial charge in [-0.1, -0.05) is 103 Å². The van der Waals surface area contributed by atoms with E-state index in [2.05, 4.69) is 79.6 Å². The summed E-state index contributed by atoms with van der Waals surface area (Å²) in [7, 11) is 0. The number of aliphatic hydroxyl groups is 1. The van der Waals surface area contributed by atoms with Crippen LogP contribution in [0, 0.1) is 0 Å². The molecule has 1 atom stereocenters. The molecule has 12 nitrogen and oxygen atoms in total. The summed E-state index contributed by atoms with van der Waals surface area (Å²) in [4.78, 5) is 67.8. The van der Waals surface area contributed by atoms with E-state index in [4.69, 9.17) is 32.7 Å². The summed E-state index contributed by atoms with van der Waals surface area (Å²) in [5.74, 6) is -1.26. The molecule has 67 heavy (non-hydrogen) atoms. The highest BCUT2D eigenvalue weighted by molar-refractivity contribution is 9.11. The zero-order chi connectivity index (χ0) is 47.7. The summed E-state index contributed by atoms with van der Waals surface area (Å²) in [6.45, 7) is 0. The molecule has 2 heterocycles. The first-order chi connectivity index (χ1) is 32.0. The van der Waals surface area contributed by atoms with Gasteiger partial charge in [0.25, 0.3) is 11.6 Å². The molecule has 6 aromatic rings. The van der Waals surface area contributed by atoms with Gasteiger partial charge in [0.15, 0.2) is 0 Å². The lowest BCUT2D eigenvalue weighted by Crippen LogP contribution is -2.47. The Kier molecular flexibility index (Phi) is 15.0. The summed E-state index contributed by atoms with van der Waals surface area (Å²) in [5.41, 5.74) is -0.743. The van der Waals surface area contributed by atoms with Crippen molar-refractivity contribution in [3.8, 4) is 11.5 Å². The minimum Gasteiger partial charge on any atom is -0.489 e. The summed E-state index contributed by atoms with van der Waals surface area (Å²) >= 11 is 29.0. The topological polar surface area (TPSA) is 137 Å². The van der Waals surface area contributed by atoms with Crippen molar-refractivity contribution in [1.29, 1.82) is 0 Å². The molecule has 0 spiro atoms. The first-order valence-electron chi connectivity index (χ1n) is 20.3. The second kappa shape index (κ2) is 20.6. The van der Waals surface area contributed by atoms with Crippen molar-refractivity contribution in [2.24, 2.45) is 0 Å². The van der Waals surface area contributed by atoms with Crippen LogP contribution in [0.15, 0.2) is 156 Å². The highest BCUT2D eigenvalue weighted by Gasteiger charge is 2.59. The predicted octanol–water partition coefficient (Wildman–Crippen LogP) is 13.6. The van der Waals surface area contributed by atoms with Gasteiger partial charge in [-0.3, -0.25) is 19.3 Å². The zero-order valence-electron chi connectivity index (χ0n) is 34.4. The van der Waals surface area contributed by atoms with Crippen molar-refractivity contribution in [3.05, 3.63) is 171 Å². The number of halogens is 7. The van der Waals surface area contributed by atoms with Gasteiger partial charge in [-0.2, -0.15) is 0 Å². The molecular formula is C48H33Br5Cl2N4O8. The Morgan fingerprint density at radius 3 is 1.21 bits per heavy atom. The molecule has 2 aliphatic heterocycles. The van der Waals surface area contributed by atoms with Gasteiger partial charge in [0, 0.05) is 33.6 Å². The molecule has 0 radical (unpaired) electrons. The fourth-order valence-corrected chi connectivity index (χ4v) is 8.75. The molecule has 2 saturated carbocycles. The first-order valence-corrected chi connectivity index (χ1v) is 25.0. The lowest BCUT2D eigenvalue weighted by atomic mass is 10.00. The Morgan fingerprint density at radius 2 is 0.821 bits per heavy atom. The molecule has 0 bridgehead atoms. The maximum absolute atomic E-state index is 13.7. The smallest absolute Gasteiger partial charge is 0.343 e. The van der Waals surface area contributed by atoms with E-state index in [1.807, 2.05) is 18.2 Å². The van der Waals surface area contributed by atoms with Gasteiger partial charge in [0.1, 0.15) is 11.5 Å². The number of carbonyl (C=O) groups excluding carboxylic acids is 5. The molecule has 6 aromatic carbocycles. The predicted molar refractivity (Wildman–Crippen MR) is 274 cm³/mol. The number of rotatable bonds is 9. The van der Waals surface area contributed by atoms with Crippen LogP contribution in [-0.4, -0.2) is 47.1 Å². The minimum atomic E-state index is -2.31. The van der Waals surface area contributed by atoms with E-state index < -0.39 is 35.5 Å². The van der Waals surface area contributed by atoms with Gasteiger partial charge in [0.2, 0.25) is 0 Å². The van der Waals surface area contributed by atoms with Gasteiger partial charge < -0.3 is 14.6 Å². The van der Waals surface area contributed by atoms with Crippen LogP contribution in [0.25, 0.3) is 0 Å². The van der Waals surface area contributed by atoms with Crippen molar-refractivity contribution >= 4 is 155 Å². The van der Waals surface area contributed by atoms with Gasteiger partial charge in [-0.15, -0.1) is 0 Å². The average Bonchev–Trinajstić information content (AvgIpc) is 4.25. The molecule has 1 unspecified atom stereocenters. The fraction of sp³-hybridized carbons (Fsp3) is 0.146.